The molecule has 0 N–H and O–H groups in total. The van der Waals surface area contributed by atoms with Crippen LogP contribution in [0, 0.1) is 0 Å². The number of alkyl halides is 3. The van der Waals surface area contributed by atoms with Gasteiger partial charge < -0.3 is 9.64 Å². The molecule has 0 spiro atoms. The molecule has 1 atom stereocenters. The highest BCUT2D eigenvalue weighted by Crippen LogP contribution is 2.27. The molecule has 1 rings (SSSR count). The maximum Gasteiger partial charge on any atom is 0.409 e. The molecular weight excluding hydrogens is 249 g/mol. The van der Waals surface area contributed by atoms with Crippen LogP contribution in [0.25, 0.3) is 0 Å². The average Bonchev–Trinajstić information content (AvgIpc) is 2.28. The van der Waals surface area contributed by atoms with Gasteiger partial charge in [-0.25, -0.2) is 4.79 Å². The number of ether oxygens (including phenoxy) is 1. The van der Waals surface area contributed by atoms with Gasteiger partial charge in [-0.3, -0.25) is 4.90 Å². The average molecular weight is 268 g/mol. The van der Waals surface area contributed by atoms with Gasteiger partial charge in [0.1, 0.15) is 6.04 Å². The minimum Gasteiger partial charge on any atom is -0.449 e. The van der Waals surface area contributed by atoms with Gasteiger partial charge in [-0.05, 0) is 13.5 Å². The number of likely N-dealkylation sites (N-methyl/N-ethyl adjacent to an activating group) is 1. The van der Waals surface area contributed by atoms with Crippen molar-refractivity contribution in [1.29, 1.82) is 0 Å². The van der Waals surface area contributed by atoms with Gasteiger partial charge in [0.05, 0.1) is 6.61 Å². The van der Waals surface area contributed by atoms with Crippen LogP contribution in [-0.4, -0.2) is 61.4 Å². The smallest absolute Gasteiger partial charge is 0.409 e. The van der Waals surface area contributed by atoms with Crippen LogP contribution in [0.1, 0.15) is 19.8 Å². The van der Waals surface area contributed by atoms with E-state index in [0.29, 0.717) is 0 Å². The highest BCUT2D eigenvalue weighted by molar-refractivity contribution is 5.67. The van der Waals surface area contributed by atoms with E-state index in [1.165, 1.54) is 11.9 Å². The third kappa shape index (κ3) is 4.04. The number of halogens is 3. The number of hydrogen-bond acceptors (Lipinski definition) is 3. The molecule has 1 fully saturated rings. The van der Waals surface area contributed by atoms with Gasteiger partial charge in [0, 0.05) is 19.6 Å². The summed E-state index contributed by atoms with van der Waals surface area (Å²) < 4.78 is 43.1. The summed E-state index contributed by atoms with van der Waals surface area (Å²) in [6.07, 6.45) is -3.37. The molecule has 0 aromatic heterocycles. The summed E-state index contributed by atoms with van der Waals surface area (Å²) in [4.78, 5) is 13.9. The van der Waals surface area contributed by atoms with E-state index in [4.69, 9.17) is 4.74 Å². The molecule has 1 saturated heterocycles. The number of amides is 1. The summed E-state index contributed by atoms with van der Waals surface area (Å²) in [5.41, 5.74) is 0. The molecule has 1 heterocycles. The number of carbonyl (C=O) groups is 1. The normalized spacial score (nSPS) is 22.1. The molecule has 106 valence electrons. The van der Waals surface area contributed by atoms with Crippen LogP contribution in [0.5, 0.6) is 0 Å². The Morgan fingerprint density at radius 3 is 2.61 bits per heavy atom. The molecule has 1 unspecified atom stereocenters. The zero-order chi connectivity index (χ0) is 13.8. The largest absolute Gasteiger partial charge is 0.449 e. The molecule has 18 heavy (non-hydrogen) atoms. The fourth-order valence-corrected chi connectivity index (χ4v) is 1.79. The van der Waals surface area contributed by atoms with Gasteiger partial charge in [-0.1, -0.05) is 13.3 Å². The van der Waals surface area contributed by atoms with Crippen molar-refractivity contribution in [3.05, 3.63) is 0 Å². The first-order valence-electron chi connectivity index (χ1n) is 6.05. The van der Waals surface area contributed by atoms with E-state index in [1.54, 1.807) is 0 Å². The van der Waals surface area contributed by atoms with Crippen molar-refractivity contribution in [1.82, 2.24) is 9.80 Å². The van der Waals surface area contributed by atoms with Crippen molar-refractivity contribution in [3.63, 3.8) is 0 Å². The molecule has 1 aliphatic heterocycles. The van der Waals surface area contributed by atoms with Gasteiger partial charge >= 0.3 is 12.3 Å². The molecule has 1 aliphatic rings. The Morgan fingerprint density at radius 2 is 2.06 bits per heavy atom. The van der Waals surface area contributed by atoms with Gasteiger partial charge in [-0.2, -0.15) is 13.2 Å². The molecule has 0 bridgehead atoms. The predicted octanol–water partition coefficient (Wildman–Crippen LogP) is 2.10. The van der Waals surface area contributed by atoms with Crippen molar-refractivity contribution in [3.8, 4) is 0 Å². The molecule has 4 nitrogen and oxygen atoms in total. The van der Waals surface area contributed by atoms with E-state index in [1.807, 2.05) is 6.92 Å². The number of rotatable bonds is 3. The van der Waals surface area contributed by atoms with Gasteiger partial charge in [0.25, 0.3) is 0 Å². The summed E-state index contributed by atoms with van der Waals surface area (Å²) in [7, 11) is 1.41. The third-order valence-electron chi connectivity index (χ3n) is 3.01. The van der Waals surface area contributed by atoms with Gasteiger partial charge in [-0.15, -0.1) is 0 Å². The zero-order valence-corrected chi connectivity index (χ0v) is 10.7. The summed E-state index contributed by atoms with van der Waals surface area (Å²) >= 11 is 0. The first kappa shape index (κ1) is 15.1. The fourth-order valence-electron chi connectivity index (χ4n) is 1.79. The Kier molecular flexibility index (Phi) is 5.25. The molecular formula is C11H19F3N2O2. The predicted molar refractivity (Wildman–Crippen MR) is 60.3 cm³/mol. The van der Waals surface area contributed by atoms with Crippen molar-refractivity contribution in [2.75, 3.05) is 33.3 Å². The lowest BCUT2D eigenvalue weighted by molar-refractivity contribution is -0.190. The summed E-state index contributed by atoms with van der Waals surface area (Å²) in [5.74, 6) is 0. The number of nitrogens with zero attached hydrogens (tertiary/aromatic N) is 2. The van der Waals surface area contributed by atoms with Crippen molar-refractivity contribution in [2.24, 2.45) is 0 Å². The Bertz CT molecular complexity index is 284. The molecule has 0 aliphatic carbocycles. The maximum atomic E-state index is 12.7. The van der Waals surface area contributed by atoms with Crippen molar-refractivity contribution in [2.45, 2.75) is 32.0 Å². The van der Waals surface area contributed by atoms with Crippen LogP contribution < -0.4 is 0 Å². The Hall–Kier alpha value is -0.980. The van der Waals surface area contributed by atoms with Crippen LogP contribution in [0.15, 0.2) is 0 Å². The number of unbranched alkanes of at least 4 members (excludes halogenated alkanes) is 1. The maximum absolute atomic E-state index is 12.7. The minimum absolute atomic E-state index is 0.201. The van der Waals surface area contributed by atoms with Gasteiger partial charge in [0.2, 0.25) is 0 Å². The zero-order valence-electron chi connectivity index (χ0n) is 10.7. The second-order valence-electron chi connectivity index (χ2n) is 4.45. The monoisotopic (exact) mass is 268 g/mol. The summed E-state index contributed by atoms with van der Waals surface area (Å²) in [6.45, 7) is 2.33. The number of carbonyl (C=O) groups excluding carboxylic acids is 1. The van der Waals surface area contributed by atoms with E-state index in [0.717, 1.165) is 17.7 Å². The molecule has 1 amide bonds. The van der Waals surface area contributed by atoms with E-state index in [-0.39, 0.29) is 26.2 Å². The Balaban J connectivity index is 2.51. The highest BCUT2D eigenvalue weighted by atomic mass is 19.4. The lowest BCUT2D eigenvalue weighted by Crippen LogP contribution is -2.58. The lowest BCUT2D eigenvalue weighted by Gasteiger charge is -2.39. The first-order valence-corrected chi connectivity index (χ1v) is 6.05. The first-order chi connectivity index (χ1) is 8.36. The van der Waals surface area contributed by atoms with Crippen LogP contribution in [0.4, 0.5) is 18.0 Å². The number of hydrogen-bond donors (Lipinski definition) is 0. The van der Waals surface area contributed by atoms with E-state index in [2.05, 4.69) is 0 Å². The summed E-state index contributed by atoms with van der Waals surface area (Å²) in [5, 5.41) is 0. The second kappa shape index (κ2) is 6.26. The molecule has 0 aromatic carbocycles. The second-order valence-corrected chi connectivity index (χ2v) is 4.45. The highest BCUT2D eigenvalue weighted by Gasteiger charge is 2.46. The van der Waals surface area contributed by atoms with Crippen molar-refractivity contribution < 1.29 is 22.7 Å². The van der Waals surface area contributed by atoms with Crippen LogP contribution in [-0.2, 0) is 4.74 Å². The minimum atomic E-state index is -4.32. The van der Waals surface area contributed by atoms with E-state index in [9.17, 15) is 18.0 Å². The van der Waals surface area contributed by atoms with E-state index >= 15 is 0 Å². The van der Waals surface area contributed by atoms with Crippen LogP contribution >= 0.6 is 0 Å². The topological polar surface area (TPSA) is 32.8 Å². The lowest BCUT2D eigenvalue weighted by atomic mass is 10.2. The molecule has 0 aromatic rings. The van der Waals surface area contributed by atoms with Crippen LogP contribution in [0.3, 0.4) is 0 Å². The summed E-state index contributed by atoms with van der Waals surface area (Å²) in [6, 6.07) is -1.61. The molecule has 0 radical (unpaired) electrons. The van der Waals surface area contributed by atoms with E-state index < -0.39 is 18.3 Å². The van der Waals surface area contributed by atoms with Crippen LogP contribution in [0.2, 0.25) is 0 Å². The fraction of sp³-hybridized carbons (Fsp3) is 0.909. The molecule has 0 saturated carbocycles. The standard InChI is InChI=1S/C11H19F3N2O2/c1-3-4-7-18-10(17)16-6-5-15(2)9(8-16)11(12,13)14/h9H,3-8H2,1-2H3. The van der Waals surface area contributed by atoms with Gasteiger partial charge in [0.15, 0.2) is 0 Å². The number of piperazine rings is 1. The Morgan fingerprint density at radius 1 is 1.39 bits per heavy atom. The SMILES string of the molecule is CCCCOC(=O)N1CCN(C)C(C(F)(F)F)C1. The molecule has 7 heteroatoms. The third-order valence-corrected chi connectivity index (χ3v) is 3.01. The Labute approximate surface area is 105 Å². The van der Waals surface area contributed by atoms with Crippen molar-refractivity contribution >= 4 is 6.09 Å². The quantitative estimate of drug-likeness (QED) is 0.735.